The molecule has 0 N–H and O–H groups in total. The van der Waals surface area contributed by atoms with E-state index in [1.54, 1.807) is 0 Å². The van der Waals surface area contributed by atoms with Gasteiger partial charge in [0.05, 0.1) is 0 Å². The van der Waals surface area contributed by atoms with Gasteiger partial charge in [0.1, 0.15) is 0 Å². The van der Waals surface area contributed by atoms with E-state index < -0.39 is 0 Å². The third-order valence-electron chi connectivity index (χ3n) is 3.74. The van der Waals surface area contributed by atoms with Gasteiger partial charge in [0.25, 0.3) is 0 Å². The fourth-order valence-electron chi connectivity index (χ4n) is 2.62. The highest BCUT2D eigenvalue weighted by Crippen LogP contribution is 2.52. The lowest BCUT2D eigenvalue weighted by atomic mass is 10.3. The molecule has 0 spiro atoms. The molecule has 2 aromatic rings. The molecule has 2 heterocycles. The third-order valence-corrected chi connectivity index (χ3v) is 10.7. The van der Waals surface area contributed by atoms with Gasteiger partial charge in [0.15, 0.2) is 0 Å². The van der Waals surface area contributed by atoms with E-state index in [-0.39, 0.29) is 0 Å². The minimum Gasteiger partial charge on any atom is -0.156 e. The Morgan fingerprint density at radius 2 is 1.50 bits per heavy atom. The van der Waals surface area contributed by atoms with Crippen LogP contribution in [0.3, 0.4) is 0 Å². The molecule has 2 aliphatic heterocycles. The monoisotopic (exact) mass is 406 g/mol. The second-order valence-electron chi connectivity index (χ2n) is 5.75. The van der Waals surface area contributed by atoms with Crippen LogP contribution < -0.4 is 0 Å². The van der Waals surface area contributed by atoms with Gasteiger partial charge in [-0.3, -0.25) is 0 Å². The Balaban J connectivity index is 1.54. The van der Waals surface area contributed by atoms with E-state index in [1.165, 1.54) is 41.6 Å². The van der Waals surface area contributed by atoms with Gasteiger partial charge in [0, 0.05) is 52.7 Å². The zero-order valence-corrected chi connectivity index (χ0v) is 17.3. The maximum absolute atomic E-state index is 4.15. The first-order valence-corrected chi connectivity index (χ1v) is 12.7. The summed E-state index contributed by atoms with van der Waals surface area (Å²) in [7, 11) is 0. The Kier molecular flexibility index (Phi) is 5.85. The van der Waals surface area contributed by atoms with Crippen LogP contribution in [0.4, 0.5) is 0 Å². The maximum Gasteiger partial charge on any atom is 0.0398 e. The van der Waals surface area contributed by atoms with E-state index in [9.17, 15) is 0 Å². The summed E-state index contributed by atoms with van der Waals surface area (Å²) in [5, 5.41) is 0.683. The van der Waals surface area contributed by atoms with Crippen LogP contribution in [-0.4, -0.2) is 28.3 Å². The number of hydrogen-bond acceptors (Lipinski definition) is 5. The van der Waals surface area contributed by atoms with Crippen molar-refractivity contribution >= 4 is 58.8 Å². The molecule has 1 saturated heterocycles. The number of thioether (sulfide) groups is 3. The van der Waals surface area contributed by atoms with E-state index in [4.69, 9.17) is 0 Å². The van der Waals surface area contributed by atoms with Crippen LogP contribution in [0, 0.1) is 0 Å². The molecule has 4 rings (SSSR count). The molecule has 0 atom stereocenters. The Morgan fingerprint density at radius 1 is 0.833 bits per heavy atom. The molecule has 0 aromatic heterocycles. The summed E-state index contributed by atoms with van der Waals surface area (Å²) < 4.78 is 0. The number of rotatable bonds is 2. The SMILES string of the molecule is C=C1CSCC(Sc2cccc3c2Sc2ccccc2S3)CSC1. The minimum absolute atomic E-state index is 0.683. The summed E-state index contributed by atoms with van der Waals surface area (Å²) in [6, 6.07) is 15.5. The van der Waals surface area contributed by atoms with E-state index in [1.807, 2.05) is 47.0 Å². The molecular formula is C19H18S5. The van der Waals surface area contributed by atoms with E-state index in [0.717, 1.165) is 11.5 Å². The van der Waals surface area contributed by atoms with Crippen molar-refractivity contribution in [3.05, 3.63) is 54.6 Å². The molecule has 1 fully saturated rings. The molecule has 5 heteroatoms. The Morgan fingerprint density at radius 3 is 2.25 bits per heavy atom. The van der Waals surface area contributed by atoms with Gasteiger partial charge in [0.2, 0.25) is 0 Å². The highest BCUT2D eigenvalue weighted by atomic mass is 32.2. The normalized spacial score (nSPS) is 18.4. The van der Waals surface area contributed by atoms with Crippen molar-refractivity contribution in [2.24, 2.45) is 0 Å². The van der Waals surface area contributed by atoms with Crippen LogP contribution in [0.15, 0.2) is 79.1 Å². The van der Waals surface area contributed by atoms with Gasteiger partial charge >= 0.3 is 0 Å². The molecule has 2 aromatic carbocycles. The Labute approximate surface area is 165 Å². The summed E-state index contributed by atoms with van der Waals surface area (Å²) in [4.78, 5) is 7.08. The summed E-state index contributed by atoms with van der Waals surface area (Å²) in [5.41, 5.74) is 1.38. The molecular weight excluding hydrogens is 389 g/mol. The molecule has 124 valence electrons. The second-order valence-corrected chi connectivity index (χ2v) is 11.3. The average Bonchev–Trinajstić information content (AvgIpc) is 2.58. The fourth-order valence-corrected chi connectivity index (χ4v) is 9.14. The summed E-state index contributed by atoms with van der Waals surface area (Å²) in [5.74, 6) is 4.67. The molecule has 0 radical (unpaired) electrons. The first kappa shape index (κ1) is 17.3. The summed E-state index contributed by atoms with van der Waals surface area (Å²) >= 11 is 10.0. The fraction of sp³-hybridized carbons (Fsp3) is 0.263. The zero-order valence-electron chi connectivity index (χ0n) is 13.2. The van der Waals surface area contributed by atoms with E-state index >= 15 is 0 Å². The van der Waals surface area contributed by atoms with Crippen LogP contribution in [0.2, 0.25) is 0 Å². The van der Waals surface area contributed by atoms with Crippen molar-refractivity contribution in [3.63, 3.8) is 0 Å². The van der Waals surface area contributed by atoms with Gasteiger partial charge in [-0.25, -0.2) is 0 Å². The van der Waals surface area contributed by atoms with Crippen LogP contribution in [0.5, 0.6) is 0 Å². The highest BCUT2D eigenvalue weighted by molar-refractivity contribution is 8.07. The third kappa shape index (κ3) is 4.01. The first-order chi connectivity index (χ1) is 11.8. The quantitative estimate of drug-likeness (QED) is 0.428. The summed E-state index contributed by atoms with van der Waals surface area (Å²) in [6.45, 7) is 4.15. The van der Waals surface area contributed by atoms with Gasteiger partial charge in [-0.2, -0.15) is 23.5 Å². The molecule has 0 amide bonds. The van der Waals surface area contributed by atoms with Crippen molar-refractivity contribution in [1.29, 1.82) is 0 Å². The predicted octanol–water partition coefficient (Wildman–Crippen LogP) is 6.80. The van der Waals surface area contributed by atoms with E-state index in [0.29, 0.717) is 5.25 Å². The minimum atomic E-state index is 0.683. The Bertz CT molecular complexity index is 743. The zero-order chi connectivity index (χ0) is 16.4. The molecule has 0 nitrogen and oxygen atoms in total. The van der Waals surface area contributed by atoms with Crippen molar-refractivity contribution in [3.8, 4) is 0 Å². The van der Waals surface area contributed by atoms with Gasteiger partial charge < -0.3 is 0 Å². The molecule has 0 aliphatic carbocycles. The van der Waals surface area contributed by atoms with Crippen molar-refractivity contribution < 1.29 is 0 Å². The lowest BCUT2D eigenvalue weighted by Gasteiger charge is -2.24. The largest absolute Gasteiger partial charge is 0.156 e. The van der Waals surface area contributed by atoms with Crippen LogP contribution in [0.1, 0.15) is 0 Å². The van der Waals surface area contributed by atoms with Crippen molar-refractivity contribution in [1.82, 2.24) is 0 Å². The highest BCUT2D eigenvalue weighted by Gasteiger charge is 2.22. The smallest absolute Gasteiger partial charge is 0.0398 e. The average molecular weight is 407 g/mol. The van der Waals surface area contributed by atoms with Gasteiger partial charge in [-0.05, 0) is 24.3 Å². The predicted molar refractivity (Wildman–Crippen MR) is 115 cm³/mol. The van der Waals surface area contributed by atoms with Crippen LogP contribution >= 0.6 is 58.8 Å². The van der Waals surface area contributed by atoms with Crippen LogP contribution in [-0.2, 0) is 0 Å². The number of hydrogen-bond donors (Lipinski definition) is 0. The molecule has 2 aliphatic rings. The topological polar surface area (TPSA) is 0 Å². The van der Waals surface area contributed by atoms with E-state index in [2.05, 4.69) is 60.8 Å². The summed E-state index contributed by atoms with van der Waals surface area (Å²) in [6.07, 6.45) is 0. The molecule has 0 saturated carbocycles. The van der Waals surface area contributed by atoms with Crippen molar-refractivity contribution in [2.45, 2.75) is 29.7 Å². The molecule has 0 bridgehead atoms. The molecule has 0 unspecified atom stereocenters. The van der Waals surface area contributed by atoms with Crippen molar-refractivity contribution in [2.75, 3.05) is 23.0 Å². The maximum atomic E-state index is 4.15. The lowest BCUT2D eigenvalue weighted by molar-refractivity contribution is 1.06. The number of fused-ring (bicyclic) bond motifs is 2. The van der Waals surface area contributed by atoms with Gasteiger partial charge in [-0.1, -0.05) is 53.9 Å². The van der Waals surface area contributed by atoms with Gasteiger partial charge in [-0.15, -0.1) is 11.8 Å². The first-order valence-electron chi connectivity index (χ1n) is 7.86. The van der Waals surface area contributed by atoms with Crippen LogP contribution in [0.25, 0.3) is 0 Å². The number of benzene rings is 2. The second kappa shape index (κ2) is 8.09. The standard InChI is InChI=1S/C19H18S5/c1-13-9-20-11-14(12-21-10-13)22-17-7-4-8-18-19(17)24-16-6-3-2-5-15(16)23-18/h2-8,14H,1,9-12H2. The Hall–Kier alpha value is -0.0700. The molecule has 24 heavy (non-hydrogen) atoms. The lowest BCUT2D eigenvalue weighted by Crippen LogP contribution is -2.14.